The van der Waals surface area contributed by atoms with Crippen molar-refractivity contribution in [2.24, 2.45) is 0 Å². The topological polar surface area (TPSA) is 98.0 Å². The van der Waals surface area contributed by atoms with Gasteiger partial charge in [0.1, 0.15) is 5.82 Å². The van der Waals surface area contributed by atoms with Crippen LogP contribution in [0.15, 0.2) is 30.1 Å². The third-order valence-corrected chi connectivity index (χ3v) is 2.41. The first-order chi connectivity index (χ1) is 9.17. The van der Waals surface area contributed by atoms with Crippen molar-refractivity contribution in [3.05, 3.63) is 35.7 Å². The maximum atomic E-state index is 11.0. The van der Waals surface area contributed by atoms with Crippen LogP contribution < -0.4 is 10.9 Å². The van der Waals surface area contributed by atoms with Crippen molar-refractivity contribution in [3.63, 3.8) is 0 Å². The molecule has 0 bridgehead atoms. The zero-order valence-corrected chi connectivity index (χ0v) is 10.7. The van der Waals surface area contributed by atoms with Crippen LogP contribution in [-0.4, -0.2) is 16.1 Å². The number of nitriles is 1. The van der Waals surface area contributed by atoms with Crippen molar-refractivity contribution >= 4 is 11.8 Å². The number of hydrogen-bond acceptors (Lipinski definition) is 5. The van der Waals surface area contributed by atoms with Crippen molar-refractivity contribution in [2.75, 3.05) is 5.43 Å². The zero-order chi connectivity index (χ0) is 14.1. The van der Waals surface area contributed by atoms with Gasteiger partial charge in [-0.2, -0.15) is 5.26 Å². The Morgan fingerprint density at radius 1 is 1.63 bits per heavy atom. The Kier molecular flexibility index (Phi) is 5.89. The number of rotatable bonds is 7. The molecule has 0 aromatic carbocycles. The van der Waals surface area contributed by atoms with Crippen LogP contribution in [-0.2, 0) is 4.79 Å². The van der Waals surface area contributed by atoms with Crippen molar-refractivity contribution in [1.29, 1.82) is 5.26 Å². The maximum Gasteiger partial charge on any atom is 0.333 e. The first-order valence-corrected chi connectivity index (χ1v) is 5.97. The Morgan fingerprint density at radius 3 is 3.05 bits per heavy atom. The van der Waals surface area contributed by atoms with E-state index in [0.717, 1.165) is 12.8 Å². The second kappa shape index (κ2) is 7.71. The zero-order valence-electron chi connectivity index (χ0n) is 10.7. The fourth-order valence-electron chi connectivity index (χ4n) is 1.37. The van der Waals surface area contributed by atoms with Crippen LogP contribution in [0, 0.1) is 11.3 Å². The molecule has 0 aliphatic carbocycles. The summed E-state index contributed by atoms with van der Waals surface area (Å²) in [4.78, 5) is 14.9. The van der Waals surface area contributed by atoms with Gasteiger partial charge in [0.05, 0.1) is 17.2 Å². The first kappa shape index (κ1) is 14.5. The molecule has 100 valence electrons. The van der Waals surface area contributed by atoms with Gasteiger partial charge in [-0.25, -0.2) is 9.78 Å². The minimum absolute atomic E-state index is 0.297. The predicted octanol–water partition coefficient (Wildman–Crippen LogP) is 2.03. The van der Waals surface area contributed by atoms with Crippen LogP contribution in [0.2, 0.25) is 0 Å². The maximum absolute atomic E-state index is 11.0. The highest BCUT2D eigenvalue weighted by Gasteiger charge is 2.05. The monoisotopic (exact) mass is 260 g/mol. The molecule has 0 unspecified atom stereocenters. The van der Waals surface area contributed by atoms with Crippen molar-refractivity contribution < 1.29 is 9.90 Å². The van der Waals surface area contributed by atoms with E-state index >= 15 is 0 Å². The van der Waals surface area contributed by atoms with Gasteiger partial charge in [-0.15, -0.1) is 0 Å². The number of carbonyl (C=O) groups is 1. The lowest BCUT2D eigenvalue weighted by Gasteiger charge is -2.06. The number of unbranched alkanes of at least 4 members (excludes halogenated alkanes) is 1. The molecule has 0 radical (unpaired) electrons. The molecule has 0 saturated carbocycles. The highest BCUT2D eigenvalue weighted by atomic mass is 16.4. The second-order valence-electron chi connectivity index (χ2n) is 3.89. The molecule has 1 aromatic heterocycles. The van der Waals surface area contributed by atoms with Gasteiger partial charge in [0.25, 0.3) is 0 Å². The molecule has 0 saturated heterocycles. The molecular weight excluding hydrogens is 244 g/mol. The van der Waals surface area contributed by atoms with Crippen LogP contribution in [0.1, 0.15) is 31.7 Å². The lowest BCUT2D eigenvalue weighted by molar-refractivity contribution is -0.132. The molecule has 0 aliphatic rings. The highest BCUT2D eigenvalue weighted by Crippen LogP contribution is 2.07. The van der Waals surface area contributed by atoms with Gasteiger partial charge in [-0.05, 0) is 25.0 Å². The molecule has 0 fully saturated rings. The summed E-state index contributed by atoms with van der Waals surface area (Å²) >= 11 is 0. The van der Waals surface area contributed by atoms with Gasteiger partial charge in [0.15, 0.2) is 0 Å². The average molecular weight is 260 g/mol. The van der Waals surface area contributed by atoms with E-state index in [0.29, 0.717) is 23.4 Å². The summed E-state index contributed by atoms with van der Waals surface area (Å²) in [5, 5.41) is 17.7. The van der Waals surface area contributed by atoms with Crippen LogP contribution in [0.5, 0.6) is 0 Å². The summed E-state index contributed by atoms with van der Waals surface area (Å²) < 4.78 is 0. The normalized spacial score (nSPS) is 10.6. The fraction of sp³-hybridized carbons (Fsp3) is 0.308. The van der Waals surface area contributed by atoms with Crippen molar-refractivity contribution in [2.45, 2.75) is 26.2 Å². The van der Waals surface area contributed by atoms with E-state index in [4.69, 9.17) is 10.4 Å². The molecule has 0 aliphatic heterocycles. The number of hydrogen-bond donors (Lipinski definition) is 3. The Morgan fingerprint density at radius 2 is 2.42 bits per heavy atom. The molecule has 1 aromatic rings. The van der Waals surface area contributed by atoms with E-state index in [-0.39, 0.29) is 0 Å². The van der Waals surface area contributed by atoms with Crippen LogP contribution in [0.25, 0.3) is 0 Å². The number of carboxylic acid groups (broad SMARTS) is 1. The molecule has 3 N–H and O–H groups in total. The van der Waals surface area contributed by atoms with Crippen molar-refractivity contribution in [3.8, 4) is 6.07 Å². The Balaban J connectivity index is 2.59. The third kappa shape index (κ3) is 5.08. The van der Waals surface area contributed by atoms with E-state index in [1.165, 1.54) is 12.4 Å². The molecule has 6 nitrogen and oxygen atoms in total. The number of anilines is 1. The standard InChI is InChI=1S/C13H16N4O2/c1-2-3-4-11(13(18)19)9-16-17-12-7-10(8-14)5-6-15-12/h5-7,9,16H,2-4H2,1H3,(H,15,17)(H,18,19). The molecule has 1 rings (SSSR count). The number of pyridine rings is 1. The fourth-order valence-corrected chi connectivity index (χ4v) is 1.37. The largest absolute Gasteiger partial charge is 0.478 e. The van der Waals surface area contributed by atoms with E-state index in [2.05, 4.69) is 15.8 Å². The lowest BCUT2D eigenvalue weighted by atomic mass is 10.1. The smallest absolute Gasteiger partial charge is 0.333 e. The summed E-state index contributed by atoms with van der Waals surface area (Å²) in [5.41, 5.74) is 6.18. The second-order valence-corrected chi connectivity index (χ2v) is 3.89. The van der Waals surface area contributed by atoms with Gasteiger partial charge in [0, 0.05) is 12.4 Å². The summed E-state index contributed by atoms with van der Waals surface area (Å²) in [5.74, 6) is -0.489. The molecule has 0 spiro atoms. The molecule has 0 amide bonds. The van der Waals surface area contributed by atoms with Gasteiger partial charge >= 0.3 is 5.97 Å². The van der Waals surface area contributed by atoms with E-state index in [1.807, 2.05) is 13.0 Å². The number of nitrogens with one attached hydrogen (secondary N) is 2. The van der Waals surface area contributed by atoms with Crippen LogP contribution in [0.3, 0.4) is 0 Å². The average Bonchev–Trinajstić information content (AvgIpc) is 2.42. The Labute approximate surface area is 111 Å². The summed E-state index contributed by atoms with van der Waals surface area (Å²) in [6.07, 6.45) is 5.16. The third-order valence-electron chi connectivity index (χ3n) is 2.41. The minimum Gasteiger partial charge on any atom is -0.478 e. The summed E-state index contributed by atoms with van der Waals surface area (Å²) in [6.45, 7) is 2.00. The molecule has 19 heavy (non-hydrogen) atoms. The quantitative estimate of drug-likeness (QED) is 0.512. The van der Waals surface area contributed by atoms with Crippen molar-refractivity contribution in [1.82, 2.24) is 10.4 Å². The van der Waals surface area contributed by atoms with Crippen LogP contribution in [0.4, 0.5) is 5.82 Å². The lowest BCUT2D eigenvalue weighted by Crippen LogP contribution is -2.18. The molecule has 0 atom stereocenters. The summed E-state index contributed by atoms with van der Waals surface area (Å²) in [7, 11) is 0. The van der Waals surface area contributed by atoms with Gasteiger partial charge in [0.2, 0.25) is 0 Å². The molecule has 6 heteroatoms. The Bertz CT molecular complexity index is 506. The number of aromatic nitrogens is 1. The number of hydrazine groups is 1. The minimum atomic E-state index is -0.943. The Hall–Kier alpha value is -2.55. The number of aliphatic carboxylic acids is 1. The first-order valence-electron chi connectivity index (χ1n) is 5.97. The van der Waals surface area contributed by atoms with Gasteiger partial charge in [-0.1, -0.05) is 13.3 Å². The SMILES string of the molecule is CCCCC(=CNNc1cc(C#N)ccn1)C(=O)O. The van der Waals surface area contributed by atoms with E-state index in [1.54, 1.807) is 12.1 Å². The predicted molar refractivity (Wildman–Crippen MR) is 71.0 cm³/mol. The summed E-state index contributed by atoms with van der Waals surface area (Å²) in [6, 6.07) is 5.15. The molecule has 1 heterocycles. The van der Waals surface area contributed by atoms with E-state index in [9.17, 15) is 4.79 Å². The van der Waals surface area contributed by atoms with Crippen LogP contribution >= 0.6 is 0 Å². The number of carboxylic acids is 1. The number of nitrogens with zero attached hydrogens (tertiary/aromatic N) is 2. The molecular formula is C13H16N4O2. The van der Waals surface area contributed by atoms with Gasteiger partial charge in [-0.3, -0.25) is 5.43 Å². The van der Waals surface area contributed by atoms with Gasteiger partial charge < -0.3 is 10.5 Å². The van der Waals surface area contributed by atoms with E-state index < -0.39 is 5.97 Å². The highest BCUT2D eigenvalue weighted by molar-refractivity contribution is 5.86.